The number of nitrogens with zero attached hydrogens (tertiary/aromatic N) is 2. The van der Waals surface area contributed by atoms with Crippen LogP contribution in [0.1, 0.15) is 18.4 Å². The molecular weight excluding hydrogens is 196 g/mol. The monoisotopic (exact) mass is 220 g/mol. The molecule has 0 spiro atoms. The van der Waals surface area contributed by atoms with E-state index in [0.717, 1.165) is 6.54 Å². The summed E-state index contributed by atoms with van der Waals surface area (Å²) in [7, 11) is 6.43. The first-order valence-electron chi connectivity index (χ1n) is 6.02. The molecule has 0 aromatic heterocycles. The number of rotatable bonds is 6. The van der Waals surface area contributed by atoms with Gasteiger partial charge in [0, 0.05) is 19.3 Å². The van der Waals surface area contributed by atoms with E-state index in [4.69, 9.17) is 0 Å². The van der Waals surface area contributed by atoms with Gasteiger partial charge in [0.05, 0.1) is 0 Å². The van der Waals surface area contributed by atoms with Crippen LogP contribution in [0.4, 0.5) is 5.69 Å². The first-order chi connectivity index (χ1) is 7.59. The fourth-order valence-electron chi connectivity index (χ4n) is 1.77. The molecule has 1 aromatic carbocycles. The molecule has 0 aliphatic carbocycles. The molecule has 2 nitrogen and oxygen atoms in total. The minimum absolute atomic E-state index is 1.14. The van der Waals surface area contributed by atoms with Gasteiger partial charge in [-0.1, -0.05) is 12.1 Å². The highest BCUT2D eigenvalue weighted by molar-refractivity contribution is 5.47. The third kappa shape index (κ3) is 4.67. The number of aryl methyl sites for hydroxylation is 1. The van der Waals surface area contributed by atoms with Gasteiger partial charge < -0.3 is 9.80 Å². The molecule has 0 heterocycles. The van der Waals surface area contributed by atoms with Crippen molar-refractivity contribution in [3.63, 3.8) is 0 Å². The topological polar surface area (TPSA) is 6.48 Å². The maximum absolute atomic E-state index is 2.34. The van der Waals surface area contributed by atoms with Crippen molar-refractivity contribution in [2.24, 2.45) is 0 Å². The van der Waals surface area contributed by atoms with E-state index in [2.05, 4.69) is 62.1 Å². The lowest BCUT2D eigenvalue weighted by Gasteiger charge is -2.20. The Bertz CT molecular complexity index is 307. The quantitative estimate of drug-likeness (QED) is 0.680. The molecule has 0 amide bonds. The van der Waals surface area contributed by atoms with Crippen LogP contribution in [0.2, 0.25) is 0 Å². The van der Waals surface area contributed by atoms with E-state index in [9.17, 15) is 0 Å². The van der Waals surface area contributed by atoms with Gasteiger partial charge >= 0.3 is 0 Å². The lowest BCUT2D eigenvalue weighted by atomic mass is 10.2. The van der Waals surface area contributed by atoms with E-state index in [0.29, 0.717) is 0 Å². The van der Waals surface area contributed by atoms with Crippen LogP contribution in [0.5, 0.6) is 0 Å². The van der Waals surface area contributed by atoms with E-state index < -0.39 is 0 Å². The molecule has 16 heavy (non-hydrogen) atoms. The Kier molecular flexibility index (Phi) is 5.33. The summed E-state index contributed by atoms with van der Waals surface area (Å²) in [6.45, 7) is 4.46. The molecule has 0 saturated heterocycles. The van der Waals surface area contributed by atoms with Crippen molar-refractivity contribution >= 4 is 5.69 Å². The highest BCUT2D eigenvalue weighted by atomic mass is 15.1. The lowest BCUT2D eigenvalue weighted by Crippen LogP contribution is -2.20. The standard InChI is InChI=1S/C14H24N2/c1-13-8-7-9-14(12-13)16(4)11-6-5-10-15(2)3/h7-9,12H,5-6,10-11H2,1-4H3. The van der Waals surface area contributed by atoms with Crippen LogP contribution in [0.25, 0.3) is 0 Å². The molecule has 0 aliphatic rings. The molecule has 0 fully saturated rings. The molecule has 0 aliphatic heterocycles. The van der Waals surface area contributed by atoms with Gasteiger partial charge in [-0.3, -0.25) is 0 Å². The third-order valence-corrected chi connectivity index (χ3v) is 2.79. The van der Waals surface area contributed by atoms with Crippen molar-refractivity contribution in [3.05, 3.63) is 29.8 Å². The Labute approximate surface area is 99.9 Å². The lowest BCUT2D eigenvalue weighted by molar-refractivity contribution is 0.395. The summed E-state index contributed by atoms with van der Waals surface area (Å²) in [6, 6.07) is 8.69. The summed E-state index contributed by atoms with van der Waals surface area (Å²) in [5.41, 5.74) is 2.66. The molecule has 0 radical (unpaired) electrons. The SMILES string of the molecule is Cc1cccc(N(C)CCCCN(C)C)c1. The molecule has 0 saturated carbocycles. The molecular formula is C14H24N2. The molecule has 1 rings (SSSR count). The zero-order valence-corrected chi connectivity index (χ0v) is 11.0. The Morgan fingerprint density at radius 2 is 1.69 bits per heavy atom. The first kappa shape index (κ1) is 13.0. The van der Waals surface area contributed by atoms with Crippen LogP contribution in [-0.2, 0) is 0 Å². The van der Waals surface area contributed by atoms with Gasteiger partial charge in [-0.15, -0.1) is 0 Å². The average molecular weight is 220 g/mol. The maximum atomic E-state index is 2.34. The Morgan fingerprint density at radius 1 is 1.00 bits per heavy atom. The van der Waals surface area contributed by atoms with E-state index >= 15 is 0 Å². The van der Waals surface area contributed by atoms with Crippen LogP contribution in [0.15, 0.2) is 24.3 Å². The number of hydrogen-bond donors (Lipinski definition) is 0. The van der Waals surface area contributed by atoms with Crippen molar-refractivity contribution < 1.29 is 0 Å². The Hall–Kier alpha value is -1.02. The van der Waals surface area contributed by atoms with Gasteiger partial charge in [-0.25, -0.2) is 0 Å². The van der Waals surface area contributed by atoms with Crippen molar-refractivity contribution in [2.45, 2.75) is 19.8 Å². The van der Waals surface area contributed by atoms with Gasteiger partial charge in [0.15, 0.2) is 0 Å². The second-order valence-electron chi connectivity index (χ2n) is 4.77. The van der Waals surface area contributed by atoms with Crippen molar-refractivity contribution in [3.8, 4) is 0 Å². The second-order valence-corrected chi connectivity index (χ2v) is 4.77. The van der Waals surface area contributed by atoms with Crippen molar-refractivity contribution in [1.82, 2.24) is 4.90 Å². The number of unbranched alkanes of at least 4 members (excludes halogenated alkanes) is 1. The second kappa shape index (κ2) is 6.54. The van der Waals surface area contributed by atoms with E-state index in [1.54, 1.807) is 0 Å². The summed E-state index contributed by atoms with van der Waals surface area (Å²) < 4.78 is 0. The van der Waals surface area contributed by atoms with E-state index in [1.165, 1.54) is 30.6 Å². The molecule has 0 unspecified atom stereocenters. The summed E-state index contributed by atoms with van der Waals surface area (Å²) in [6.07, 6.45) is 2.52. The minimum atomic E-state index is 1.14. The summed E-state index contributed by atoms with van der Waals surface area (Å²) in [5, 5.41) is 0. The molecule has 0 bridgehead atoms. The van der Waals surface area contributed by atoms with Crippen LogP contribution in [-0.4, -0.2) is 39.1 Å². The minimum Gasteiger partial charge on any atom is -0.375 e. The average Bonchev–Trinajstić information content (AvgIpc) is 2.24. The van der Waals surface area contributed by atoms with Gasteiger partial charge in [-0.05, 0) is 58.1 Å². The largest absolute Gasteiger partial charge is 0.375 e. The van der Waals surface area contributed by atoms with Gasteiger partial charge in [0.1, 0.15) is 0 Å². The van der Waals surface area contributed by atoms with Crippen LogP contribution in [0.3, 0.4) is 0 Å². The predicted octanol–water partition coefficient (Wildman–Crippen LogP) is 2.77. The summed E-state index contributed by atoms with van der Waals surface area (Å²) in [5.74, 6) is 0. The summed E-state index contributed by atoms with van der Waals surface area (Å²) >= 11 is 0. The van der Waals surface area contributed by atoms with Gasteiger partial charge in [-0.2, -0.15) is 0 Å². The van der Waals surface area contributed by atoms with E-state index in [1.807, 2.05) is 0 Å². The Morgan fingerprint density at radius 3 is 2.31 bits per heavy atom. The first-order valence-corrected chi connectivity index (χ1v) is 6.02. The zero-order valence-electron chi connectivity index (χ0n) is 11.0. The molecule has 90 valence electrons. The van der Waals surface area contributed by atoms with Gasteiger partial charge in [0.25, 0.3) is 0 Å². The number of hydrogen-bond acceptors (Lipinski definition) is 2. The van der Waals surface area contributed by atoms with Crippen LogP contribution < -0.4 is 4.90 Å². The number of anilines is 1. The highest BCUT2D eigenvalue weighted by Crippen LogP contribution is 2.14. The van der Waals surface area contributed by atoms with E-state index in [-0.39, 0.29) is 0 Å². The predicted molar refractivity (Wildman–Crippen MR) is 72.2 cm³/mol. The Balaban J connectivity index is 2.32. The molecule has 0 atom stereocenters. The highest BCUT2D eigenvalue weighted by Gasteiger charge is 2.00. The smallest absolute Gasteiger partial charge is 0.0366 e. The molecule has 1 aromatic rings. The van der Waals surface area contributed by atoms with Crippen molar-refractivity contribution in [1.29, 1.82) is 0 Å². The normalized spacial score (nSPS) is 10.8. The third-order valence-electron chi connectivity index (χ3n) is 2.79. The van der Waals surface area contributed by atoms with Crippen molar-refractivity contribution in [2.75, 3.05) is 39.1 Å². The summed E-state index contributed by atoms with van der Waals surface area (Å²) in [4.78, 5) is 4.58. The van der Waals surface area contributed by atoms with Gasteiger partial charge in [0.2, 0.25) is 0 Å². The zero-order chi connectivity index (χ0) is 12.0. The molecule has 2 heteroatoms. The van der Waals surface area contributed by atoms with Crippen LogP contribution >= 0.6 is 0 Å². The fraction of sp³-hybridized carbons (Fsp3) is 0.571. The molecule has 0 N–H and O–H groups in total. The number of benzene rings is 1. The maximum Gasteiger partial charge on any atom is 0.0366 e. The van der Waals surface area contributed by atoms with Crippen LogP contribution in [0, 0.1) is 6.92 Å². The fourth-order valence-corrected chi connectivity index (χ4v) is 1.77.